The normalized spacial score (nSPS) is 17.0. The minimum Gasteiger partial charge on any atom is -0.457 e. The number of alkyl halides is 3. The molecule has 260 valence electrons. The highest BCUT2D eigenvalue weighted by molar-refractivity contribution is 5.98. The van der Waals surface area contributed by atoms with Crippen LogP contribution in [0.1, 0.15) is 51.0 Å². The third-order valence-electron chi connectivity index (χ3n) is 10.2. The first-order valence-corrected chi connectivity index (χ1v) is 17.3. The monoisotopic (exact) mass is 682 g/mol. The maximum Gasteiger partial charge on any atom is 0.405 e. The van der Waals surface area contributed by atoms with E-state index < -0.39 is 24.0 Å². The lowest BCUT2D eigenvalue weighted by atomic mass is 9.68. The van der Waals surface area contributed by atoms with Gasteiger partial charge >= 0.3 is 6.18 Å². The van der Waals surface area contributed by atoms with Gasteiger partial charge in [0.05, 0.1) is 0 Å². The first-order valence-electron chi connectivity index (χ1n) is 17.3. The van der Waals surface area contributed by atoms with Gasteiger partial charge in [-0.1, -0.05) is 72.3 Å². The number of nitrogens with zero attached hydrogens (tertiary/aromatic N) is 3. The third-order valence-corrected chi connectivity index (χ3v) is 10.2. The van der Waals surface area contributed by atoms with Crippen LogP contribution in [-0.4, -0.2) is 73.6 Å². The van der Waals surface area contributed by atoms with Gasteiger partial charge < -0.3 is 19.9 Å². The number of carbonyl (C=O) groups is 2. The summed E-state index contributed by atoms with van der Waals surface area (Å²) < 4.78 is 46.0. The fourth-order valence-electron chi connectivity index (χ4n) is 7.72. The smallest absolute Gasteiger partial charge is 0.405 e. The van der Waals surface area contributed by atoms with E-state index in [9.17, 15) is 22.8 Å². The molecule has 0 saturated carbocycles. The van der Waals surface area contributed by atoms with Gasteiger partial charge in [-0.3, -0.25) is 14.5 Å². The first-order chi connectivity index (χ1) is 24.1. The molecule has 3 heterocycles. The number of nitrogens with one attached hydrogen (secondary N) is 1. The summed E-state index contributed by atoms with van der Waals surface area (Å²) in [4.78, 5) is 34.1. The topological polar surface area (TPSA) is 65.1 Å². The highest BCUT2D eigenvalue weighted by Crippen LogP contribution is 2.50. The Hall–Kier alpha value is -4.83. The lowest BCUT2D eigenvalue weighted by molar-refractivity contribution is -0.141. The molecule has 4 aromatic rings. The Bertz CT molecular complexity index is 1840. The van der Waals surface area contributed by atoms with E-state index in [-0.39, 0.29) is 5.91 Å². The van der Waals surface area contributed by atoms with Crippen LogP contribution in [0.2, 0.25) is 0 Å². The van der Waals surface area contributed by atoms with Gasteiger partial charge in [-0.05, 0) is 68.1 Å². The molecule has 1 N–H and O–H groups in total. The molecule has 2 amide bonds. The van der Waals surface area contributed by atoms with Crippen LogP contribution in [0.5, 0.6) is 11.5 Å². The number of rotatable bonds is 9. The number of anilines is 1. The summed E-state index contributed by atoms with van der Waals surface area (Å²) in [6.45, 7) is 5.76. The van der Waals surface area contributed by atoms with Crippen molar-refractivity contribution in [3.63, 3.8) is 0 Å². The first kappa shape index (κ1) is 33.7. The minimum atomic E-state index is -4.53. The van der Waals surface area contributed by atoms with Crippen molar-refractivity contribution in [2.45, 2.75) is 44.3 Å². The van der Waals surface area contributed by atoms with E-state index in [1.165, 1.54) is 5.56 Å². The maximum atomic E-state index is 13.9. The molecule has 7 nitrogen and oxygen atoms in total. The zero-order valence-electron chi connectivity index (χ0n) is 28.1. The summed E-state index contributed by atoms with van der Waals surface area (Å²) in [6, 6.07) is 28.8. The highest BCUT2D eigenvalue weighted by atomic mass is 19.4. The van der Waals surface area contributed by atoms with Crippen LogP contribution in [0.4, 0.5) is 18.9 Å². The molecule has 7 rings (SSSR count). The van der Waals surface area contributed by atoms with Crippen LogP contribution < -0.4 is 15.0 Å². The van der Waals surface area contributed by atoms with E-state index in [1.807, 2.05) is 17.0 Å². The summed E-state index contributed by atoms with van der Waals surface area (Å²) in [5.74, 6) is 0.340. The number of fused-ring (bicyclic) bond motifs is 3. The molecule has 1 saturated heterocycles. The molecular formula is C40H41F3N4O3. The van der Waals surface area contributed by atoms with Gasteiger partial charge in [0, 0.05) is 61.6 Å². The molecule has 0 aromatic heterocycles. The molecule has 4 aromatic carbocycles. The molecule has 1 fully saturated rings. The van der Waals surface area contributed by atoms with Crippen LogP contribution in [0.15, 0.2) is 91.0 Å². The Balaban J connectivity index is 1.02. The molecule has 3 aliphatic heterocycles. The molecule has 0 bridgehead atoms. The van der Waals surface area contributed by atoms with Gasteiger partial charge in [-0.2, -0.15) is 13.2 Å². The highest BCUT2D eigenvalue weighted by Gasteiger charge is 2.48. The van der Waals surface area contributed by atoms with Crippen LogP contribution in [-0.2, 0) is 23.2 Å². The number of ether oxygens (including phenoxy) is 1. The Morgan fingerprint density at radius 2 is 1.56 bits per heavy atom. The van der Waals surface area contributed by atoms with Crippen molar-refractivity contribution in [2.24, 2.45) is 0 Å². The van der Waals surface area contributed by atoms with Crippen molar-refractivity contribution in [1.82, 2.24) is 15.1 Å². The number of hydrogen-bond donors (Lipinski definition) is 1. The largest absolute Gasteiger partial charge is 0.457 e. The van der Waals surface area contributed by atoms with Crippen molar-refractivity contribution in [3.05, 3.63) is 124 Å². The summed E-state index contributed by atoms with van der Waals surface area (Å²) in [6.07, 6.45) is -2.79. The number of para-hydroxylation sites is 2. The van der Waals surface area contributed by atoms with Gasteiger partial charge in [0.15, 0.2) is 0 Å². The number of aryl methyl sites for hydroxylation is 1. The van der Waals surface area contributed by atoms with Crippen molar-refractivity contribution in [1.29, 1.82) is 0 Å². The number of piperazine rings is 1. The predicted octanol–water partition coefficient (Wildman–Crippen LogP) is 6.87. The Morgan fingerprint density at radius 1 is 0.860 bits per heavy atom. The molecule has 3 aliphatic rings. The Kier molecular flexibility index (Phi) is 9.30. The number of carbonyl (C=O) groups excluding carboxylic acids is 2. The van der Waals surface area contributed by atoms with Gasteiger partial charge in [-0.15, -0.1) is 0 Å². The second-order valence-corrected chi connectivity index (χ2v) is 13.5. The summed E-state index contributed by atoms with van der Waals surface area (Å²) in [7, 11) is 0. The standard InChI is InChI=1S/C40H41F3N4O3/c1-28-8-6-9-29(24-28)26-47-19-16-30-14-15-31(25-32(30)37(47)48)46-22-20-45(21-23-46)18-7-17-39(38(49)44-27-40(41,42)43)33-10-2-4-12-35(33)50-36-13-5-3-11-34(36)39/h2-6,8-15,24-25H,7,16-23,26-27H2,1H3,(H,44,49). The average Bonchev–Trinajstić information content (AvgIpc) is 3.11. The number of amides is 2. The molecule has 0 unspecified atom stereocenters. The molecule has 0 spiro atoms. The molecular weight excluding hydrogens is 641 g/mol. The molecule has 50 heavy (non-hydrogen) atoms. The molecule has 0 atom stereocenters. The lowest BCUT2D eigenvalue weighted by Crippen LogP contribution is -2.50. The Morgan fingerprint density at radius 3 is 2.24 bits per heavy atom. The zero-order valence-corrected chi connectivity index (χ0v) is 28.1. The van der Waals surface area contributed by atoms with Crippen LogP contribution in [0, 0.1) is 6.92 Å². The lowest BCUT2D eigenvalue weighted by Gasteiger charge is -2.40. The minimum absolute atomic E-state index is 0.0673. The fourth-order valence-corrected chi connectivity index (χ4v) is 7.72. The zero-order chi connectivity index (χ0) is 34.9. The SMILES string of the molecule is Cc1cccc(CN2CCc3ccc(N4CCN(CCCC5(C(=O)NCC(F)(F)F)c6ccccc6Oc6ccccc65)CC4)cc3C2=O)c1. The fraction of sp³-hybridized carbons (Fsp3) is 0.350. The molecule has 10 heteroatoms. The summed E-state index contributed by atoms with van der Waals surface area (Å²) in [5, 5.41) is 2.20. The number of halogens is 3. The van der Waals surface area contributed by atoms with E-state index in [1.54, 1.807) is 48.5 Å². The van der Waals surface area contributed by atoms with Crippen LogP contribution >= 0.6 is 0 Å². The van der Waals surface area contributed by atoms with E-state index in [4.69, 9.17) is 4.74 Å². The van der Waals surface area contributed by atoms with Crippen molar-refractivity contribution >= 4 is 17.5 Å². The van der Waals surface area contributed by atoms with E-state index >= 15 is 0 Å². The van der Waals surface area contributed by atoms with Gasteiger partial charge in [0.2, 0.25) is 5.91 Å². The van der Waals surface area contributed by atoms with Crippen LogP contribution in [0.25, 0.3) is 0 Å². The van der Waals surface area contributed by atoms with Crippen molar-refractivity contribution in [2.75, 3.05) is 50.7 Å². The number of hydrogen-bond acceptors (Lipinski definition) is 5. The second-order valence-electron chi connectivity index (χ2n) is 13.5. The van der Waals surface area contributed by atoms with Gasteiger partial charge in [0.1, 0.15) is 23.5 Å². The van der Waals surface area contributed by atoms with E-state index in [0.717, 1.165) is 55.0 Å². The third kappa shape index (κ3) is 6.81. The summed E-state index contributed by atoms with van der Waals surface area (Å²) in [5.41, 5.74) is 5.01. The van der Waals surface area contributed by atoms with Gasteiger partial charge in [-0.25, -0.2) is 0 Å². The van der Waals surface area contributed by atoms with Gasteiger partial charge in [0.25, 0.3) is 5.91 Å². The molecule has 0 aliphatic carbocycles. The predicted molar refractivity (Wildman–Crippen MR) is 187 cm³/mol. The second kappa shape index (κ2) is 13.8. The van der Waals surface area contributed by atoms with Crippen molar-refractivity contribution in [3.8, 4) is 11.5 Å². The average molecular weight is 683 g/mol. The van der Waals surface area contributed by atoms with Crippen molar-refractivity contribution < 1.29 is 27.5 Å². The summed E-state index contributed by atoms with van der Waals surface area (Å²) >= 11 is 0. The number of benzene rings is 4. The molecule has 0 radical (unpaired) electrons. The quantitative estimate of drug-likeness (QED) is 0.209. The maximum absolute atomic E-state index is 13.9. The van der Waals surface area contributed by atoms with E-state index in [0.29, 0.717) is 55.1 Å². The van der Waals surface area contributed by atoms with Crippen LogP contribution in [0.3, 0.4) is 0 Å². The Labute approximate surface area is 290 Å². The van der Waals surface area contributed by atoms with E-state index in [2.05, 4.69) is 52.4 Å².